The maximum absolute atomic E-state index is 5.18. The fourth-order valence-electron chi connectivity index (χ4n) is 2.48. The van der Waals surface area contributed by atoms with E-state index in [1.54, 1.807) is 6.21 Å². The Morgan fingerprint density at radius 1 is 1.47 bits per heavy atom. The van der Waals surface area contributed by atoms with Crippen LogP contribution in [-0.2, 0) is 6.54 Å². The smallest absolute Gasteiger partial charge is 0.0538 e. The summed E-state index contributed by atoms with van der Waals surface area (Å²) in [4.78, 5) is 2.56. The zero-order valence-corrected chi connectivity index (χ0v) is 10.5. The molecule has 0 saturated carbocycles. The SMILES string of the molecule is CC1CCCCN1Cc1cccc(C=NN)c1. The Hall–Kier alpha value is -1.35. The molecule has 1 saturated heterocycles. The average molecular weight is 231 g/mol. The van der Waals surface area contributed by atoms with Gasteiger partial charge in [-0.05, 0) is 43.5 Å². The summed E-state index contributed by atoms with van der Waals surface area (Å²) in [6, 6.07) is 9.14. The minimum Gasteiger partial charge on any atom is -0.323 e. The zero-order chi connectivity index (χ0) is 12.1. The minimum absolute atomic E-state index is 0.704. The lowest BCUT2D eigenvalue weighted by atomic mass is 10.0. The van der Waals surface area contributed by atoms with E-state index in [1.165, 1.54) is 31.4 Å². The molecule has 1 fully saturated rings. The minimum atomic E-state index is 0.704. The van der Waals surface area contributed by atoms with Crippen molar-refractivity contribution in [3.8, 4) is 0 Å². The highest BCUT2D eigenvalue weighted by atomic mass is 15.2. The van der Waals surface area contributed by atoms with Gasteiger partial charge in [-0.1, -0.05) is 24.6 Å². The number of rotatable bonds is 3. The fraction of sp³-hybridized carbons (Fsp3) is 0.500. The second-order valence-corrected chi connectivity index (χ2v) is 4.84. The van der Waals surface area contributed by atoms with Crippen molar-refractivity contribution in [3.05, 3.63) is 35.4 Å². The standard InChI is InChI=1S/C14H21N3/c1-12-5-2-3-8-17(12)11-14-7-4-6-13(9-14)10-16-15/h4,6-7,9-10,12H,2-3,5,8,11,15H2,1H3. The van der Waals surface area contributed by atoms with Gasteiger partial charge < -0.3 is 5.84 Å². The van der Waals surface area contributed by atoms with Crippen LogP contribution in [0.3, 0.4) is 0 Å². The van der Waals surface area contributed by atoms with Crippen molar-refractivity contribution in [3.63, 3.8) is 0 Å². The zero-order valence-electron chi connectivity index (χ0n) is 10.5. The normalized spacial score (nSPS) is 22.1. The summed E-state index contributed by atoms with van der Waals surface area (Å²) in [5.74, 6) is 5.18. The molecule has 0 aromatic heterocycles. The van der Waals surface area contributed by atoms with E-state index in [9.17, 15) is 0 Å². The average Bonchev–Trinajstić information content (AvgIpc) is 2.33. The van der Waals surface area contributed by atoms with E-state index in [-0.39, 0.29) is 0 Å². The number of hydrazone groups is 1. The van der Waals surface area contributed by atoms with Gasteiger partial charge in [0.2, 0.25) is 0 Å². The molecule has 0 radical (unpaired) electrons. The predicted octanol–water partition coefficient (Wildman–Crippen LogP) is 2.35. The lowest BCUT2D eigenvalue weighted by molar-refractivity contribution is 0.152. The summed E-state index contributed by atoms with van der Waals surface area (Å²) in [6.07, 6.45) is 5.72. The molecule has 1 atom stereocenters. The molecule has 2 rings (SSSR count). The maximum Gasteiger partial charge on any atom is 0.0538 e. The predicted molar refractivity (Wildman–Crippen MR) is 71.9 cm³/mol. The topological polar surface area (TPSA) is 41.6 Å². The molecular weight excluding hydrogens is 210 g/mol. The molecule has 2 N–H and O–H groups in total. The van der Waals surface area contributed by atoms with Crippen LogP contribution < -0.4 is 5.84 Å². The van der Waals surface area contributed by atoms with Gasteiger partial charge in [-0.2, -0.15) is 5.10 Å². The van der Waals surface area contributed by atoms with Crippen LogP contribution in [0.2, 0.25) is 0 Å². The molecule has 92 valence electrons. The van der Waals surface area contributed by atoms with Gasteiger partial charge in [0.05, 0.1) is 6.21 Å². The molecule has 1 unspecified atom stereocenters. The van der Waals surface area contributed by atoms with Crippen LogP contribution in [0.5, 0.6) is 0 Å². The number of benzene rings is 1. The third-order valence-electron chi connectivity index (χ3n) is 3.50. The van der Waals surface area contributed by atoms with Crippen LogP contribution in [0.1, 0.15) is 37.3 Å². The van der Waals surface area contributed by atoms with Gasteiger partial charge in [-0.25, -0.2) is 0 Å². The van der Waals surface area contributed by atoms with E-state index in [0.717, 1.165) is 12.1 Å². The van der Waals surface area contributed by atoms with Crippen molar-refractivity contribution < 1.29 is 0 Å². The summed E-state index contributed by atoms with van der Waals surface area (Å²) < 4.78 is 0. The van der Waals surface area contributed by atoms with Gasteiger partial charge in [-0.3, -0.25) is 4.90 Å². The molecule has 1 aromatic rings. The summed E-state index contributed by atoms with van der Waals surface area (Å²) in [7, 11) is 0. The Morgan fingerprint density at radius 3 is 3.12 bits per heavy atom. The Bertz CT molecular complexity index is 387. The largest absolute Gasteiger partial charge is 0.323 e. The van der Waals surface area contributed by atoms with Crippen molar-refractivity contribution in [1.82, 2.24) is 4.90 Å². The number of hydrogen-bond acceptors (Lipinski definition) is 3. The number of nitrogens with two attached hydrogens (primary N) is 1. The van der Waals surface area contributed by atoms with Crippen LogP contribution >= 0.6 is 0 Å². The monoisotopic (exact) mass is 231 g/mol. The number of piperidine rings is 1. The Balaban J connectivity index is 2.04. The first kappa shape index (κ1) is 12.1. The van der Waals surface area contributed by atoms with Crippen LogP contribution in [0.4, 0.5) is 0 Å². The maximum atomic E-state index is 5.18. The first-order chi connectivity index (χ1) is 8.29. The van der Waals surface area contributed by atoms with Gasteiger partial charge in [0.15, 0.2) is 0 Å². The quantitative estimate of drug-likeness (QED) is 0.493. The van der Waals surface area contributed by atoms with E-state index in [1.807, 2.05) is 6.07 Å². The van der Waals surface area contributed by atoms with Crippen LogP contribution in [0.25, 0.3) is 0 Å². The van der Waals surface area contributed by atoms with Gasteiger partial charge in [0.1, 0.15) is 0 Å². The van der Waals surface area contributed by atoms with E-state index >= 15 is 0 Å². The van der Waals surface area contributed by atoms with Gasteiger partial charge in [0.25, 0.3) is 0 Å². The molecule has 0 spiro atoms. The molecule has 0 amide bonds. The second-order valence-electron chi connectivity index (χ2n) is 4.84. The highest BCUT2D eigenvalue weighted by Gasteiger charge is 2.17. The number of hydrogen-bond donors (Lipinski definition) is 1. The van der Waals surface area contributed by atoms with E-state index < -0.39 is 0 Å². The van der Waals surface area contributed by atoms with Crippen molar-refractivity contribution in [1.29, 1.82) is 0 Å². The fourth-order valence-corrected chi connectivity index (χ4v) is 2.48. The summed E-state index contributed by atoms with van der Waals surface area (Å²) in [5.41, 5.74) is 2.42. The Labute approximate surface area is 103 Å². The van der Waals surface area contributed by atoms with E-state index in [2.05, 4.69) is 35.1 Å². The molecule has 0 aliphatic carbocycles. The van der Waals surface area contributed by atoms with Crippen molar-refractivity contribution in [2.24, 2.45) is 10.9 Å². The lowest BCUT2D eigenvalue weighted by Crippen LogP contribution is -2.36. The molecular formula is C14H21N3. The molecule has 1 aliphatic heterocycles. The summed E-state index contributed by atoms with van der Waals surface area (Å²) in [5, 5.41) is 3.57. The molecule has 3 nitrogen and oxygen atoms in total. The molecule has 1 aliphatic rings. The van der Waals surface area contributed by atoms with Crippen LogP contribution in [0.15, 0.2) is 29.4 Å². The first-order valence-corrected chi connectivity index (χ1v) is 6.36. The summed E-state index contributed by atoms with van der Waals surface area (Å²) in [6.45, 7) is 4.58. The summed E-state index contributed by atoms with van der Waals surface area (Å²) >= 11 is 0. The van der Waals surface area contributed by atoms with Gasteiger partial charge in [0, 0.05) is 12.6 Å². The van der Waals surface area contributed by atoms with Crippen LogP contribution in [-0.4, -0.2) is 23.7 Å². The molecule has 1 heterocycles. The van der Waals surface area contributed by atoms with Gasteiger partial charge in [-0.15, -0.1) is 0 Å². The molecule has 17 heavy (non-hydrogen) atoms. The number of likely N-dealkylation sites (tertiary alicyclic amines) is 1. The molecule has 3 heteroatoms. The highest BCUT2D eigenvalue weighted by Crippen LogP contribution is 2.19. The van der Waals surface area contributed by atoms with Crippen LogP contribution in [0, 0.1) is 0 Å². The van der Waals surface area contributed by atoms with Crippen molar-refractivity contribution >= 4 is 6.21 Å². The Kier molecular flexibility index (Phi) is 4.15. The molecule has 1 aromatic carbocycles. The van der Waals surface area contributed by atoms with Gasteiger partial charge >= 0.3 is 0 Å². The third kappa shape index (κ3) is 3.30. The van der Waals surface area contributed by atoms with Crippen molar-refractivity contribution in [2.75, 3.05) is 6.54 Å². The lowest BCUT2D eigenvalue weighted by Gasteiger charge is -2.33. The van der Waals surface area contributed by atoms with E-state index in [0.29, 0.717) is 6.04 Å². The highest BCUT2D eigenvalue weighted by molar-refractivity contribution is 5.79. The molecule has 0 bridgehead atoms. The number of nitrogens with zero attached hydrogens (tertiary/aromatic N) is 2. The first-order valence-electron chi connectivity index (χ1n) is 6.36. The Morgan fingerprint density at radius 2 is 2.35 bits per heavy atom. The van der Waals surface area contributed by atoms with Crippen molar-refractivity contribution in [2.45, 2.75) is 38.8 Å². The third-order valence-corrected chi connectivity index (χ3v) is 3.50. The van der Waals surface area contributed by atoms with E-state index in [4.69, 9.17) is 5.84 Å². The second kappa shape index (κ2) is 5.82.